The van der Waals surface area contributed by atoms with Gasteiger partial charge in [0.2, 0.25) is 0 Å². The number of amides is 1. The third kappa shape index (κ3) is 3.16. The molecule has 3 rings (SSSR count). The number of sulfone groups is 1. The number of rotatable bonds is 3. The number of hydrogen-bond acceptors (Lipinski definition) is 5. The Morgan fingerprint density at radius 1 is 1.13 bits per heavy atom. The molecule has 2 N–H and O–H groups in total. The van der Waals surface area contributed by atoms with Crippen molar-refractivity contribution >= 4 is 32.5 Å². The molecule has 3 aromatic rings. The molecule has 0 aliphatic rings. The van der Waals surface area contributed by atoms with Crippen molar-refractivity contribution in [2.75, 3.05) is 11.6 Å². The first-order valence-corrected chi connectivity index (χ1v) is 8.46. The van der Waals surface area contributed by atoms with E-state index in [0.717, 1.165) is 6.26 Å². The van der Waals surface area contributed by atoms with Crippen molar-refractivity contribution in [1.29, 1.82) is 0 Å². The van der Waals surface area contributed by atoms with E-state index in [1.807, 2.05) is 0 Å². The molecule has 1 heterocycles. The summed E-state index contributed by atoms with van der Waals surface area (Å²) in [6, 6.07) is 10.4. The maximum absolute atomic E-state index is 12.2. The number of carbonyl (C=O) groups is 1. The van der Waals surface area contributed by atoms with Crippen molar-refractivity contribution in [3.05, 3.63) is 58.6 Å². The van der Waals surface area contributed by atoms with E-state index in [4.69, 9.17) is 4.42 Å². The molecule has 0 aliphatic heterocycles. The number of benzene rings is 2. The quantitative estimate of drug-likeness (QED) is 0.760. The van der Waals surface area contributed by atoms with Gasteiger partial charge in [0.15, 0.2) is 15.4 Å². The van der Waals surface area contributed by atoms with Crippen LogP contribution < -0.4 is 11.1 Å². The summed E-state index contributed by atoms with van der Waals surface area (Å²) in [5.41, 5.74) is 1.66. The Balaban J connectivity index is 1.83. The molecular formula is C15H12N2O5S. The molecule has 23 heavy (non-hydrogen) atoms. The first-order valence-electron chi connectivity index (χ1n) is 6.57. The van der Waals surface area contributed by atoms with Gasteiger partial charge in [0.05, 0.1) is 10.4 Å². The van der Waals surface area contributed by atoms with Crippen LogP contribution in [0, 0.1) is 0 Å². The third-order valence-corrected chi connectivity index (χ3v) is 4.35. The summed E-state index contributed by atoms with van der Waals surface area (Å²) in [7, 11) is -3.30. The first-order chi connectivity index (χ1) is 10.8. The molecule has 0 unspecified atom stereocenters. The van der Waals surface area contributed by atoms with Gasteiger partial charge in [-0.2, -0.15) is 0 Å². The van der Waals surface area contributed by atoms with Crippen LogP contribution in [-0.2, 0) is 9.84 Å². The number of oxazole rings is 1. The van der Waals surface area contributed by atoms with Crippen molar-refractivity contribution in [3.8, 4) is 0 Å². The molecule has 0 bridgehead atoms. The fraction of sp³-hybridized carbons (Fsp3) is 0.0667. The molecule has 2 aromatic carbocycles. The SMILES string of the molecule is CS(=O)(=O)c1ccc(C(=O)Nc2ccc3oc(=O)[nH]c3c2)cc1. The maximum atomic E-state index is 12.2. The lowest BCUT2D eigenvalue weighted by molar-refractivity contribution is 0.102. The third-order valence-electron chi connectivity index (χ3n) is 3.22. The highest BCUT2D eigenvalue weighted by Crippen LogP contribution is 2.17. The van der Waals surface area contributed by atoms with Crippen LogP contribution in [-0.4, -0.2) is 25.6 Å². The van der Waals surface area contributed by atoms with E-state index in [2.05, 4.69) is 10.3 Å². The maximum Gasteiger partial charge on any atom is 0.417 e. The van der Waals surface area contributed by atoms with Crippen molar-refractivity contribution in [2.24, 2.45) is 0 Å². The van der Waals surface area contributed by atoms with Gasteiger partial charge < -0.3 is 9.73 Å². The number of fused-ring (bicyclic) bond motifs is 1. The number of carbonyl (C=O) groups excluding carboxylic acids is 1. The van der Waals surface area contributed by atoms with Gasteiger partial charge in [0.25, 0.3) is 5.91 Å². The fourth-order valence-corrected chi connectivity index (χ4v) is 2.72. The van der Waals surface area contributed by atoms with E-state index in [9.17, 15) is 18.0 Å². The molecule has 0 aliphatic carbocycles. The zero-order valence-corrected chi connectivity index (χ0v) is 12.8. The highest BCUT2D eigenvalue weighted by atomic mass is 32.2. The van der Waals surface area contributed by atoms with Crippen LogP contribution >= 0.6 is 0 Å². The van der Waals surface area contributed by atoms with Crippen molar-refractivity contribution < 1.29 is 17.6 Å². The van der Waals surface area contributed by atoms with Gasteiger partial charge in [-0.05, 0) is 42.5 Å². The predicted octanol–water partition coefficient (Wildman–Crippen LogP) is 1.78. The van der Waals surface area contributed by atoms with Crippen LogP contribution in [0.1, 0.15) is 10.4 Å². The Labute approximate surface area is 130 Å². The summed E-state index contributed by atoms with van der Waals surface area (Å²) in [6.45, 7) is 0. The zero-order chi connectivity index (χ0) is 16.6. The monoisotopic (exact) mass is 332 g/mol. The van der Waals surface area contributed by atoms with Gasteiger partial charge in [-0.15, -0.1) is 0 Å². The molecule has 0 fully saturated rings. The van der Waals surface area contributed by atoms with E-state index < -0.39 is 21.5 Å². The molecule has 1 aromatic heterocycles. The van der Waals surface area contributed by atoms with E-state index in [-0.39, 0.29) is 4.90 Å². The molecule has 7 nitrogen and oxygen atoms in total. The highest BCUT2D eigenvalue weighted by molar-refractivity contribution is 7.90. The summed E-state index contributed by atoms with van der Waals surface area (Å²) in [6.07, 6.45) is 1.10. The number of aromatic nitrogens is 1. The summed E-state index contributed by atoms with van der Waals surface area (Å²) < 4.78 is 27.7. The molecule has 0 atom stereocenters. The first kappa shape index (κ1) is 15.0. The van der Waals surface area contributed by atoms with Crippen LogP contribution in [0.5, 0.6) is 0 Å². The molecule has 8 heteroatoms. The molecule has 0 radical (unpaired) electrons. The van der Waals surface area contributed by atoms with Gasteiger partial charge in [-0.3, -0.25) is 9.78 Å². The second kappa shape index (κ2) is 5.40. The molecule has 0 spiro atoms. The van der Waals surface area contributed by atoms with Crippen LogP contribution in [0.4, 0.5) is 5.69 Å². The van der Waals surface area contributed by atoms with E-state index in [1.54, 1.807) is 18.2 Å². The number of aromatic amines is 1. The van der Waals surface area contributed by atoms with Crippen LogP contribution in [0.3, 0.4) is 0 Å². The molecular weight excluding hydrogens is 320 g/mol. The Morgan fingerprint density at radius 3 is 2.48 bits per heavy atom. The Morgan fingerprint density at radius 2 is 1.83 bits per heavy atom. The molecule has 1 amide bonds. The summed E-state index contributed by atoms with van der Waals surface area (Å²) in [4.78, 5) is 25.9. The van der Waals surface area contributed by atoms with Crippen LogP contribution in [0.15, 0.2) is 56.6 Å². The number of H-pyrrole nitrogens is 1. The minimum Gasteiger partial charge on any atom is -0.408 e. The minimum atomic E-state index is -3.30. The predicted molar refractivity (Wildman–Crippen MR) is 84.3 cm³/mol. The summed E-state index contributed by atoms with van der Waals surface area (Å²) in [5, 5.41) is 2.67. The smallest absolute Gasteiger partial charge is 0.408 e. The Kier molecular flexibility index (Phi) is 3.53. The average molecular weight is 332 g/mol. The van der Waals surface area contributed by atoms with Crippen LogP contribution in [0.25, 0.3) is 11.1 Å². The topological polar surface area (TPSA) is 109 Å². The van der Waals surface area contributed by atoms with Gasteiger partial charge in [-0.1, -0.05) is 0 Å². The Hall–Kier alpha value is -2.87. The lowest BCUT2D eigenvalue weighted by Crippen LogP contribution is -2.12. The highest BCUT2D eigenvalue weighted by Gasteiger charge is 2.11. The number of anilines is 1. The van der Waals surface area contributed by atoms with Gasteiger partial charge >= 0.3 is 5.76 Å². The minimum absolute atomic E-state index is 0.145. The average Bonchev–Trinajstić information content (AvgIpc) is 2.86. The number of hydrogen-bond donors (Lipinski definition) is 2. The molecule has 0 saturated heterocycles. The van der Waals surface area contributed by atoms with Crippen molar-refractivity contribution in [3.63, 3.8) is 0 Å². The fourth-order valence-electron chi connectivity index (χ4n) is 2.09. The lowest BCUT2D eigenvalue weighted by atomic mass is 10.2. The summed E-state index contributed by atoms with van der Waals surface area (Å²) in [5.74, 6) is -0.963. The molecule has 0 saturated carbocycles. The van der Waals surface area contributed by atoms with Gasteiger partial charge in [-0.25, -0.2) is 13.2 Å². The largest absolute Gasteiger partial charge is 0.417 e. The zero-order valence-electron chi connectivity index (χ0n) is 12.0. The lowest BCUT2D eigenvalue weighted by Gasteiger charge is -2.06. The van der Waals surface area contributed by atoms with Crippen LogP contribution in [0.2, 0.25) is 0 Å². The Bertz CT molecular complexity index is 1050. The van der Waals surface area contributed by atoms with E-state index in [1.165, 1.54) is 24.3 Å². The normalized spacial score (nSPS) is 11.5. The number of nitrogens with one attached hydrogen (secondary N) is 2. The van der Waals surface area contributed by atoms with Gasteiger partial charge in [0.1, 0.15) is 0 Å². The van der Waals surface area contributed by atoms with E-state index in [0.29, 0.717) is 22.4 Å². The second-order valence-electron chi connectivity index (χ2n) is 4.98. The van der Waals surface area contributed by atoms with E-state index >= 15 is 0 Å². The second-order valence-corrected chi connectivity index (χ2v) is 6.99. The summed E-state index contributed by atoms with van der Waals surface area (Å²) >= 11 is 0. The van der Waals surface area contributed by atoms with Gasteiger partial charge in [0, 0.05) is 17.5 Å². The van der Waals surface area contributed by atoms with Crippen molar-refractivity contribution in [1.82, 2.24) is 4.98 Å². The molecule has 118 valence electrons. The standard InChI is InChI=1S/C15H12N2O5S/c1-23(20,21)11-5-2-9(3-6-11)14(18)16-10-4-7-13-12(8-10)17-15(19)22-13/h2-8H,1H3,(H,16,18)(H,17,19). The van der Waals surface area contributed by atoms with Crippen molar-refractivity contribution in [2.45, 2.75) is 4.90 Å².